The van der Waals surface area contributed by atoms with Crippen molar-refractivity contribution in [2.45, 2.75) is 65.6 Å². The zero-order valence-corrected chi connectivity index (χ0v) is 22.9. The van der Waals surface area contributed by atoms with Gasteiger partial charge in [0.25, 0.3) is 0 Å². The summed E-state index contributed by atoms with van der Waals surface area (Å²) in [5.41, 5.74) is 1.42. The molecule has 2 atom stereocenters. The Morgan fingerprint density at radius 2 is 1.72 bits per heavy atom. The van der Waals surface area contributed by atoms with Gasteiger partial charge in [-0.2, -0.15) is 18.3 Å². The Hall–Kier alpha value is -1.58. The average Bonchev–Trinajstić information content (AvgIpc) is 3.47. The minimum atomic E-state index is -4.28. The number of alkyl halides is 3. The Labute approximate surface area is 218 Å². The fourth-order valence-electron chi connectivity index (χ4n) is 5.28. The summed E-state index contributed by atoms with van der Waals surface area (Å²) in [5, 5.41) is 9.86. The second kappa shape index (κ2) is 13.8. The first kappa shape index (κ1) is 29.0. The van der Waals surface area contributed by atoms with Crippen LogP contribution in [-0.2, 0) is 10.9 Å². The van der Waals surface area contributed by atoms with Crippen molar-refractivity contribution in [3.8, 4) is 0 Å². The Kier molecular flexibility index (Phi) is 11.1. The van der Waals surface area contributed by atoms with Crippen molar-refractivity contribution in [3.63, 3.8) is 0 Å². The molecule has 0 radical (unpaired) electrons. The molecule has 9 heteroatoms. The first-order valence-corrected chi connectivity index (χ1v) is 14.3. The van der Waals surface area contributed by atoms with Crippen LogP contribution >= 0.6 is 11.8 Å². The van der Waals surface area contributed by atoms with Crippen LogP contribution in [0, 0.1) is 11.8 Å². The van der Waals surface area contributed by atoms with E-state index in [0.29, 0.717) is 17.9 Å². The van der Waals surface area contributed by atoms with E-state index in [2.05, 4.69) is 26.9 Å². The normalized spacial score (nSPS) is 24.0. The van der Waals surface area contributed by atoms with E-state index in [1.165, 1.54) is 12.1 Å². The number of ether oxygens (including phenoxy) is 1. The van der Waals surface area contributed by atoms with Gasteiger partial charge in [0, 0.05) is 62.0 Å². The number of hydrogen-bond acceptors (Lipinski definition) is 6. The van der Waals surface area contributed by atoms with Crippen LogP contribution in [0.4, 0.5) is 18.9 Å². The maximum atomic E-state index is 12.9. The van der Waals surface area contributed by atoms with Crippen LogP contribution < -0.4 is 4.90 Å². The fraction of sp³-hybridized carbons (Fsp3) is 0.704. The van der Waals surface area contributed by atoms with Crippen LogP contribution in [0.1, 0.15) is 58.9 Å². The molecule has 0 spiro atoms. The minimum Gasteiger partial charge on any atom is -0.381 e. The number of likely N-dealkylation sites (tertiary alicyclic amines) is 1. The Balaban J connectivity index is 0.00000176. The average molecular weight is 527 g/mol. The zero-order valence-electron chi connectivity index (χ0n) is 22.1. The largest absolute Gasteiger partial charge is 0.416 e. The van der Waals surface area contributed by atoms with Gasteiger partial charge < -0.3 is 14.5 Å². The molecule has 0 unspecified atom stereocenters. The summed E-state index contributed by atoms with van der Waals surface area (Å²) in [5.74, 6) is 2.10. The summed E-state index contributed by atoms with van der Waals surface area (Å²) < 4.78 is 44.0. The van der Waals surface area contributed by atoms with Crippen LogP contribution in [0.5, 0.6) is 0 Å². The van der Waals surface area contributed by atoms with E-state index in [1.807, 2.05) is 20.8 Å². The van der Waals surface area contributed by atoms with Crippen molar-refractivity contribution in [1.29, 1.82) is 0 Å². The van der Waals surface area contributed by atoms with Gasteiger partial charge in [-0.15, -0.1) is 16.9 Å². The number of hydrogen-bond donors (Lipinski definition) is 0. The molecule has 0 N–H and O–H groups in total. The SMILES string of the molecule is C/C(=N\N=C(/C)C1CCOCC1)SCCCN1C[C@@H]2CCN(c3ccc(C(F)(F)F)cc3)[C@@H]2C1.CC. The predicted octanol–water partition coefficient (Wildman–Crippen LogP) is 6.59. The maximum absolute atomic E-state index is 12.9. The van der Waals surface area contributed by atoms with E-state index < -0.39 is 11.7 Å². The smallest absolute Gasteiger partial charge is 0.381 e. The molecular weight excluding hydrogens is 485 g/mol. The van der Waals surface area contributed by atoms with Gasteiger partial charge in [0.15, 0.2) is 0 Å². The van der Waals surface area contributed by atoms with E-state index in [0.717, 1.165) is 87.3 Å². The second-order valence-electron chi connectivity index (χ2n) is 9.56. The third-order valence-corrected chi connectivity index (χ3v) is 8.23. The van der Waals surface area contributed by atoms with E-state index in [1.54, 1.807) is 23.9 Å². The highest BCUT2D eigenvalue weighted by Crippen LogP contribution is 2.37. The maximum Gasteiger partial charge on any atom is 0.416 e. The van der Waals surface area contributed by atoms with Crippen LogP contribution in [0.3, 0.4) is 0 Å². The molecule has 0 bridgehead atoms. The second-order valence-corrected chi connectivity index (χ2v) is 10.9. The Bertz CT molecular complexity index is 869. The Morgan fingerprint density at radius 3 is 2.39 bits per heavy atom. The number of fused-ring (bicyclic) bond motifs is 1. The summed E-state index contributed by atoms with van der Waals surface area (Å²) in [6.45, 7) is 13.7. The molecular formula is C27H41F3N4OS. The molecule has 0 amide bonds. The summed E-state index contributed by atoms with van der Waals surface area (Å²) in [6.07, 6.45) is -0.0310. The molecule has 1 aromatic rings. The van der Waals surface area contributed by atoms with Crippen molar-refractivity contribution < 1.29 is 17.9 Å². The highest BCUT2D eigenvalue weighted by Gasteiger charge is 2.41. The Morgan fingerprint density at radius 1 is 1.03 bits per heavy atom. The van der Waals surface area contributed by atoms with E-state index in [-0.39, 0.29) is 0 Å². The van der Waals surface area contributed by atoms with Crippen molar-refractivity contribution in [3.05, 3.63) is 29.8 Å². The highest BCUT2D eigenvalue weighted by molar-refractivity contribution is 8.13. The molecule has 4 rings (SSSR count). The quantitative estimate of drug-likeness (QED) is 0.174. The molecule has 1 aromatic carbocycles. The van der Waals surface area contributed by atoms with Crippen molar-refractivity contribution >= 4 is 28.2 Å². The lowest BCUT2D eigenvalue weighted by Crippen LogP contribution is -2.35. The van der Waals surface area contributed by atoms with E-state index in [4.69, 9.17) is 4.74 Å². The predicted molar refractivity (Wildman–Crippen MR) is 145 cm³/mol. The van der Waals surface area contributed by atoms with E-state index in [9.17, 15) is 13.2 Å². The van der Waals surface area contributed by atoms with Crippen molar-refractivity contribution in [2.24, 2.45) is 22.0 Å². The molecule has 202 valence electrons. The van der Waals surface area contributed by atoms with Crippen LogP contribution in [0.15, 0.2) is 34.5 Å². The van der Waals surface area contributed by atoms with Gasteiger partial charge in [-0.05, 0) is 76.3 Å². The summed E-state index contributed by atoms with van der Waals surface area (Å²) >= 11 is 1.76. The van der Waals surface area contributed by atoms with Crippen molar-refractivity contribution in [1.82, 2.24) is 4.90 Å². The molecule has 0 saturated carbocycles. The summed E-state index contributed by atoms with van der Waals surface area (Å²) in [4.78, 5) is 4.81. The molecule has 3 aliphatic rings. The number of nitrogens with zero attached hydrogens (tertiary/aromatic N) is 4. The number of thioether (sulfide) groups is 1. The number of anilines is 1. The van der Waals surface area contributed by atoms with Gasteiger partial charge in [0.05, 0.1) is 10.6 Å². The van der Waals surface area contributed by atoms with Gasteiger partial charge in [-0.1, -0.05) is 13.8 Å². The molecule has 3 heterocycles. The van der Waals surface area contributed by atoms with Crippen LogP contribution in [0.2, 0.25) is 0 Å². The molecule has 36 heavy (non-hydrogen) atoms. The lowest BCUT2D eigenvalue weighted by atomic mass is 9.96. The van der Waals surface area contributed by atoms with Gasteiger partial charge in [-0.3, -0.25) is 0 Å². The number of benzene rings is 1. The molecule has 3 aliphatic heterocycles. The van der Waals surface area contributed by atoms with Crippen molar-refractivity contribution in [2.75, 3.05) is 50.0 Å². The van der Waals surface area contributed by atoms with Gasteiger partial charge in [0.2, 0.25) is 0 Å². The third kappa shape index (κ3) is 7.96. The lowest BCUT2D eigenvalue weighted by Gasteiger charge is -2.27. The van der Waals surface area contributed by atoms with Gasteiger partial charge in [0.1, 0.15) is 0 Å². The first-order valence-electron chi connectivity index (χ1n) is 13.3. The molecule has 3 fully saturated rings. The summed E-state index contributed by atoms with van der Waals surface area (Å²) in [7, 11) is 0. The topological polar surface area (TPSA) is 40.4 Å². The molecule has 0 aliphatic carbocycles. The van der Waals surface area contributed by atoms with Crippen LogP contribution in [-0.4, -0.2) is 66.8 Å². The highest BCUT2D eigenvalue weighted by atomic mass is 32.2. The van der Waals surface area contributed by atoms with Gasteiger partial charge in [-0.25, -0.2) is 0 Å². The molecule has 3 saturated heterocycles. The third-order valence-electron chi connectivity index (χ3n) is 7.24. The fourth-order valence-corrected chi connectivity index (χ4v) is 5.94. The number of rotatable bonds is 7. The molecule has 5 nitrogen and oxygen atoms in total. The standard InChI is InChI=1S/C25H35F3N4OS.C2H6/c1-18(20-9-13-33-14-10-20)29-30-19(2)34-15-3-11-31-16-21-8-12-32(24(21)17-31)23-6-4-22(5-7-23)25(26,27)28;1-2/h4-7,20-21,24H,3,8-17H2,1-2H3;1-2H3/b29-18+,30-19+;/t21-,24+;/m0./s1. The summed E-state index contributed by atoms with van der Waals surface area (Å²) in [6, 6.07) is 6.05. The van der Waals surface area contributed by atoms with E-state index >= 15 is 0 Å². The molecule has 0 aromatic heterocycles. The number of halogens is 3. The van der Waals surface area contributed by atoms with Crippen LogP contribution in [0.25, 0.3) is 0 Å². The lowest BCUT2D eigenvalue weighted by molar-refractivity contribution is -0.137. The zero-order chi connectivity index (χ0) is 26.1. The monoisotopic (exact) mass is 526 g/mol. The minimum absolute atomic E-state index is 0.398. The van der Waals surface area contributed by atoms with Gasteiger partial charge >= 0.3 is 6.18 Å². The first-order chi connectivity index (χ1) is 17.3.